The minimum Gasteiger partial charge on any atom is -0.394 e. The van der Waals surface area contributed by atoms with Crippen LogP contribution in [0.5, 0.6) is 0 Å². The lowest BCUT2D eigenvalue weighted by Gasteiger charge is -2.46. The van der Waals surface area contributed by atoms with Gasteiger partial charge in [0.1, 0.15) is 6.10 Å². The summed E-state index contributed by atoms with van der Waals surface area (Å²) in [5.74, 6) is 0.159. The number of carbonyl (C=O) groups excluding carboxylic acids is 1. The molecule has 1 aromatic carbocycles. The van der Waals surface area contributed by atoms with E-state index in [1.54, 1.807) is 12.1 Å². The van der Waals surface area contributed by atoms with E-state index in [2.05, 4.69) is 38.3 Å². The lowest BCUT2D eigenvalue weighted by molar-refractivity contribution is -0.124. The smallest absolute Gasteiger partial charge is 0.220 e. The second-order valence-corrected chi connectivity index (χ2v) is 8.58. The Kier molecular flexibility index (Phi) is 6.25. The molecule has 1 aliphatic heterocycles. The molecule has 1 amide bonds. The molecule has 1 aromatic rings. The zero-order valence-corrected chi connectivity index (χ0v) is 15.7. The molecule has 0 bridgehead atoms. The number of hydrogen-bond acceptors (Lipinski definition) is 4. The highest BCUT2D eigenvalue weighted by molar-refractivity contribution is 5.76. The molecule has 1 fully saturated rings. The molecule has 2 atom stereocenters. The minimum absolute atomic E-state index is 0.00731. The van der Waals surface area contributed by atoms with Gasteiger partial charge in [-0.2, -0.15) is 0 Å². The van der Waals surface area contributed by atoms with Crippen molar-refractivity contribution in [2.75, 3.05) is 6.61 Å². The molecule has 0 aliphatic carbocycles. The van der Waals surface area contributed by atoms with Crippen molar-refractivity contribution in [3.63, 3.8) is 0 Å². The molecule has 140 valence electrons. The maximum Gasteiger partial charge on any atom is 0.220 e. The summed E-state index contributed by atoms with van der Waals surface area (Å²) in [6.45, 7) is 8.34. The van der Waals surface area contributed by atoms with E-state index < -0.39 is 12.1 Å². The van der Waals surface area contributed by atoms with Crippen molar-refractivity contribution in [1.29, 1.82) is 0 Å². The summed E-state index contributed by atoms with van der Waals surface area (Å²) in [6.07, 6.45) is 1.34. The third kappa shape index (κ3) is 5.80. The summed E-state index contributed by atoms with van der Waals surface area (Å²) in [6, 6.07) is 8.40. The monoisotopic (exact) mass is 348 g/mol. The van der Waals surface area contributed by atoms with Gasteiger partial charge in [0.25, 0.3) is 0 Å². The Bertz CT molecular complexity index is 556. The molecule has 0 unspecified atom stereocenters. The number of piperidine rings is 1. The van der Waals surface area contributed by atoms with Crippen LogP contribution in [0.3, 0.4) is 0 Å². The number of nitrogens with one attached hydrogen (secondary N) is 2. The van der Waals surface area contributed by atoms with Crippen LogP contribution in [0.15, 0.2) is 30.3 Å². The van der Waals surface area contributed by atoms with Crippen LogP contribution in [0, 0.1) is 5.92 Å². The highest BCUT2D eigenvalue weighted by Crippen LogP contribution is 2.34. The maximum absolute atomic E-state index is 12.5. The zero-order valence-electron chi connectivity index (χ0n) is 15.7. The average molecular weight is 348 g/mol. The number of rotatable bonds is 6. The SMILES string of the molecule is CC1(C)CC(CC(=O)N[C@@H](CO)[C@@H](O)c2ccccc2)CC(C)(C)N1. The van der Waals surface area contributed by atoms with Crippen LogP contribution in [-0.2, 0) is 4.79 Å². The van der Waals surface area contributed by atoms with Crippen LogP contribution in [0.2, 0.25) is 0 Å². The van der Waals surface area contributed by atoms with Gasteiger partial charge < -0.3 is 20.8 Å². The number of carbonyl (C=O) groups is 1. The van der Waals surface area contributed by atoms with Crippen molar-refractivity contribution in [1.82, 2.24) is 10.6 Å². The summed E-state index contributed by atoms with van der Waals surface area (Å²) < 4.78 is 0. The molecule has 0 radical (unpaired) electrons. The molecule has 4 N–H and O–H groups in total. The first kappa shape index (κ1) is 19.9. The van der Waals surface area contributed by atoms with Crippen molar-refractivity contribution < 1.29 is 15.0 Å². The average Bonchev–Trinajstić information content (AvgIpc) is 2.49. The van der Waals surface area contributed by atoms with Crippen LogP contribution in [-0.4, -0.2) is 39.8 Å². The Hall–Kier alpha value is -1.43. The molecule has 0 aromatic heterocycles. The van der Waals surface area contributed by atoms with E-state index in [9.17, 15) is 15.0 Å². The van der Waals surface area contributed by atoms with Gasteiger partial charge >= 0.3 is 0 Å². The summed E-state index contributed by atoms with van der Waals surface area (Å²) in [5.41, 5.74) is 0.671. The van der Waals surface area contributed by atoms with Gasteiger partial charge in [-0.05, 0) is 52.0 Å². The van der Waals surface area contributed by atoms with Gasteiger partial charge in [-0.15, -0.1) is 0 Å². The topological polar surface area (TPSA) is 81.6 Å². The van der Waals surface area contributed by atoms with E-state index in [0.29, 0.717) is 12.0 Å². The Labute approximate surface area is 150 Å². The fourth-order valence-corrected chi connectivity index (χ4v) is 4.31. The molecule has 25 heavy (non-hydrogen) atoms. The molecule has 5 heteroatoms. The molecule has 0 spiro atoms. The third-order valence-electron chi connectivity index (χ3n) is 4.81. The lowest BCUT2D eigenvalue weighted by Crippen LogP contribution is -2.58. The van der Waals surface area contributed by atoms with Crippen molar-refractivity contribution in [3.8, 4) is 0 Å². The summed E-state index contributed by atoms with van der Waals surface area (Å²) in [7, 11) is 0. The molecule has 5 nitrogen and oxygen atoms in total. The first-order chi connectivity index (χ1) is 11.6. The second-order valence-electron chi connectivity index (χ2n) is 8.58. The van der Waals surface area contributed by atoms with E-state index in [4.69, 9.17) is 0 Å². The molecule has 1 aliphatic rings. The van der Waals surface area contributed by atoms with Crippen LogP contribution in [0.25, 0.3) is 0 Å². The van der Waals surface area contributed by atoms with Gasteiger partial charge in [0.2, 0.25) is 5.91 Å². The second kappa shape index (κ2) is 7.85. The largest absolute Gasteiger partial charge is 0.394 e. The highest BCUT2D eigenvalue weighted by atomic mass is 16.3. The van der Waals surface area contributed by atoms with Crippen LogP contribution in [0.4, 0.5) is 0 Å². The third-order valence-corrected chi connectivity index (χ3v) is 4.81. The Morgan fingerprint density at radius 1 is 1.20 bits per heavy atom. The zero-order chi connectivity index (χ0) is 18.7. The van der Waals surface area contributed by atoms with Gasteiger partial charge in [0, 0.05) is 17.5 Å². The molecule has 2 rings (SSSR count). The first-order valence-electron chi connectivity index (χ1n) is 9.04. The molecule has 0 saturated carbocycles. The predicted molar refractivity (Wildman–Crippen MR) is 99.1 cm³/mol. The maximum atomic E-state index is 12.5. The Morgan fingerprint density at radius 3 is 2.28 bits per heavy atom. The molecule has 1 heterocycles. The number of hydrogen-bond donors (Lipinski definition) is 4. The van der Waals surface area contributed by atoms with Crippen LogP contribution < -0.4 is 10.6 Å². The van der Waals surface area contributed by atoms with Crippen molar-refractivity contribution >= 4 is 5.91 Å². The number of aliphatic hydroxyl groups excluding tert-OH is 2. The minimum atomic E-state index is -0.920. The highest BCUT2D eigenvalue weighted by Gasteiger charge is 2.38. The van der Waals surface area contributed by atoms with Gasteiger partial charge in [-0.3, -0.25) is 4.79 Å². The molecule has 1 saturated heterocycles. The lowest BCUT2D eigenvalue weighted by atomic mass is 9.74. The van der Waals surface area contributed by atoms with Crippen molar-refractivity contribution in [2.45, 2.75) is 70.2 Å². The van der Waals surface area contributed by atoms with Crippen molar-refractivity contribution in [3.05, 3.63) is 35.9 Å². The van der Waals surface area contributed by atoms with Crippen LogP contribution in [0.1, 0.15) is 58.6 Å². The number of amides is 1. The predicted octanol–water partition coefficient (Wildman–Crippen LogP) is 2.14. The van der Waals surface area contributed by atoms with E-state index in [1.807, 2.05) is 18.2 Å². The fraction of sp³-hybridized carbons (Fsp3) is 0.650. The Morgan fingerprint density at radius 2 is 1.76 bits per heavy atom. The normalized spacial score (nSPS) is 22.2. The van der Waals surface area contributed by atoms with Gasteiger partial charge in [-0.25, -0.2) is 0 Å². The summed E-state index contributed by atoms with van der Waals surface area (Å²) in [5, 5.41) is 26.4. The van der Waals surface area contributed by atoms with Crippen molar-refractivity contribution in [2.24, 2.45) is 5.92 Å². The van der Waals surface area contributed by atoms with Crippen LogP contribution >= 0.6 is 0 Å². The van der Waals surface area contributed by atoms with E-state index >= 15 is 0 Å². The summed E-state index contributed by atoms with van der Waals surface area (Å²) in [4.78, 5) is 12.5. The van der Waals surface area contributed by atoms with Gasteiger partial charge in [-0.1, -0.05) is 30.3 Å². The number of aliphatic hydroxyl groups is 2. The molecular weight excluding hydrogens is 316 g/mol. The van der Waals surface area contributed by atoms with E-state index in [0.717, 1.165) is 12.8 Å². The van der Waals surface area contributed by atoms with Gasteiger partial charge in [0.05, 0.1) is 12.6 Å². The first-order valence-corrected chi connectivity index (χ1v) is 9.04. The van der Waals surface area contributed by atoms with E-state index in [-0.39, 0.29) is 29.5 Å². The molecular formula is C20H32N2O3. The Balaban J connectivity index is 1.96. The van der Waals surface area contributed by atoms with E-state index in [1.165, 1.54) is 0 Å². The number of benzene rings is 1. The standard InChI is InChI=1S/C20H32N2O3/c1-19(2)11-14(12-20(3,4)22-19)10-17(24)21-16(13-23)18(25)15-8-6-5-7-9-15/h5-9,14,16,18,22-23,25H,10-13H2,1-4H3,(H,21,24)/t16-,18-/m0/s1. The summed E-state index contributed by atoms with van der Waals surface area (Å²) >= 11 is 0. The fourth-order valence-electron chi connectivity index (χ4n) is 4.31. The quantitative estimate of drug-likeness (QED) is 0.635. The van der Waals surface area contributed by atoms with Gasteiger partial charge in [0.15, 0.2) is 0 Å².